The summed E-state index contributed by atoms with van der Waals surface area (Å²) in [5.41, 5.74) is 5.46. The van der Waals surface area contributed by atoms with Crippen molar-refractivity contribution in [2.45, 2.75) is 75.5 Å². The minimum atomic E-state index is -1.50. The molecule has 1 aliphatic heterocycles. The van der Waals surface area contributed by atoms with Crippen molar-refractivity contribution in [3.63, 3.8) is 0 Å². The van der Waals surface area contributed by atoms with Gasteiger partial charge in [-0.1, -0.05) is 0 Å². The van der Waals surface area contributed by atoms with Gasteiger partial charge in [-0.15, -0.1) is 0 Å². The van der Waals surface area contributed by atoms with Gasteiger partial charge in [-0.2, -0.15) is 0 Å². The molecule has 0 aliphatic carbocycles. The molecule has 0 bridgehead atoms. The highest BCUT2D eigenvalue weighted by molar-refractivity contribution is 5.95. The maximum atomic E-state index is 12.8. The second-order valence-corrected chi connectivity index (χ2v) is 7.99. The van der Waals surface area contributed by atoms with Crippen LogP contribution in [0.3, 0.4) is 0 Å². The van der Waals surface area contributed by atoms with Gasteiger partial charge < -0.3 is 42.3 Å². The third-order valence-electron chi connectivity index (χ3n) is 5.23. The molecule has 34 heavy (non-hydrogen) atoms. The van der Waals surface area contributed by atoms with Gasteiger partial charge in [-0.05, 0) is 51.6 Å². The summed E-state index contributed by atoms with van der Waals surface area (Å²) < 4.78 is 0. The average molecular weight is 488 g/mol. The number of aliphatic carboxylic acids is 3. The Morgan fingerprint density at radius 1 is 0.853 bits per heavy atom. The molecule has 1 fully saturated rings. The Balaban J connectivity index is 2.92. The van der Waals surface area contributed by atoms with E-state index in [-0.39, 0.29) is 12.8 Å². The number of hydrogen-bond acceptors (Lipinski definition) is 8. The minimum absolute atomic E-state index is 0.0674. The fourth-order valence-electron chi connectivity index (χ4n) is 3.40. The second-order valence-electron chi connectivity index (χ2n) is 7.99. The second kappa shape index (κ2) is 14.8. The Morgan fingerprint density at radius 3 is 2.03 bits per heavy atom. The monoisotopic (exact) mass is 487 g/mol. The van der Waals surface area contributed by atoms with Crippen molar-refractivity contribution >= 4 is 35.6 Å². The molecule has 192 valence electrons. The van der Waals surface area contributed by atoms with Crippen molar-refractivity contribution in [2.75, 3.05) is 13.1 Å². The molecule has 0 aromatic carbocycles. The van der Waals surface area contributed by atoms with E-state index in [4.69, 9.17) is 15.9 Å². The normalized spacial score (nSPS) is 17.7. The summed E-state index contributed by atoms with van der Waals surface area (Å²) in [5, 5.41) is 37.1. The predicted molar refractivity (Wildman–Crippen MR) is 116 cm³/mol. The molecular weight excluding hydrogens is 454 g/mol. The molecule has 1 aliphatic rings. The molecule has 0 aromatic rings. The van der Waals surface area contributed by atoms with Gasteiger partial charge in [0.15, 0.2) is 0 Å². The van der Waals surface area contributed by atoms with Gasteiger partial charge >= 0.3 is 17.9 Å². The summed E-state index contributed by atoms with van der Waals surface area (Å²) in [4.78, 5) is 71.3. The first-order valence-electron chi connectivity index (χ1n) is 11.1. The van der Waals surface area contributed by atoms with E-state index in [9.17, 15) is 33.9 Å². The summed E-state index contributed by atoms with van der Waals surface area (Å²) in [6.07, 6.45) is 0.659. The zero-order chi connectivity index (χ0) is 25.7. The lowest BCUT2D eigenvalue weighted by Crippen LogP contribution is -2.57. The van der Waals surface area contributed by atoms with Crippen LogP contribution < -0.4 is 27.0 Å². The first kappa shape index (κ1) is 28.8. The first-order chi connectivity index (χ1) is 16.0. The van der Waals surface area contributed by atoms with Crippen LogP contribution in [-0.4, -0.2) is 88.2 Å². The number of nitrogens with one attached hydrogen (secondary N) is 4. The minimum Gasteiger partial charge on any atom is -0.481 e. The van der Waals surface area contributed by atoms with Crippen LogP contribution in [0.4, 0.5) is 0 Å². The summed E-state index contributed by atoms with van der Waals surface area (Å²) in [7, 11) is 0. The molecule has 1 rings (SSSR count). The average Bonchev–Trinajstić information content (AvgIpc) is 3.29. The van der Waals surface area contributed by atoms with E-state index >= 15 is 0 Å². The molecule has 0 saturated carbocycles. The van der Waals surface area contributed by atoms with E-state index < -0.39 is 72.6 Å². The number of hydrogen-bond donors (Lipinski definition) is 8. The van der Waals surface area contributed by atoms with Gasteiger partial charge in [0.1, 0.15) is 18.1 Å². The van der Waals surface area contributed by atoms with Crippen molar-refractivity contribution in [3.8, 4) is 0 Å². The van der Waals surface area contributed by atoms with Gasteiger partial charge in [-0.25, -0.2) is 4.79 Å². The summed E-state index contributed by atoms with van der Waals surface area (Å²) >= 11 is 0. The lowest BCUT2D eigenvalue weighted by molar-refractivity contribution is -0.144. The molecule has 4 atom stereocenters. The smallest absolute Gasteiger partial charge is 0.326 e. The third kappa shape index (κ3) is 10.6. The molecule has 0 radical (unpaired) electrons. The van der Waals surface area contributed by atoms with E-state index in [2.05, 4.69) is 21.3 Å². The molecule has 1 heterocycles. The van der Waals surface area contributed by atoms with Crippen molar-refractivity contribution in [2.24, 2.45) is 5.73 Å². The molecule has 14 nitrogen and oxygen atoms in total. The number of amides is 3. The number of carboxylic acid groups (broad SMARTS) is 3. The highest BCUT2D eigenvalue weighted by Gasteiger charge is 2.32. The van der Waals surface area contributed by atoms with E-state index in [0.717, 1.165) is 6.42 Å². The Labute approximate surface area is 196 Å². The highest BCUT2D eigenvalue weighted by Crippen LogP contribution is 2.08. The summed E-state index contributed by atoms with van der Waals surface area (Å²) in [6, 6.07) is -4.76. The van der Waals surface area contributed by atoms with Gasteiger partial charge in [0.25, 0.3) is 0 Å². The SMILES string of the molecule is NCCCCC(NC(=O)C(CC(=O)O)NC(=O)C1CCCN1)C(=O)NC(CCC(=O)O)C(=O)O. The van der Waals surface area contributed by atoms with Crippen molar-refractivity contribution in [3.05, 3.63) is 0 Å². The fourth-order valence-corrected chi connectivity index (χ4v) is 3.40. The number of nitrogens with two attached hydrogens (primary N) is 1. The van der Waals surface area contributed by atoms with E-state index in [0.29, 0.717) is 32.4 Å². The first-order valence-corrected chi connectivity index (χ1v) is 11.1. The number of carbonyl (C=O) groups excluding carboxylic acids is 3. The maximum Gasteiger partial charge on any atom is 0.326 e. The van der Waals surface area contributed by atoms with Crippen molar-refractivity contribution in [1.29, 1.82) is 0 Å². The number of carbonyl (C=O) groups is 6. The van der Waals surface area contributed by atoms with Crippen LogP contribution in [0.5, 0.6) is 0 Å². The molecule has 3 amide bonds. The summed E-state index contributed by atoms with van der Waals surface area (Å²) in [5.74, 6) is -6.36. The van der Waals surface area contributed by atoms with Crippen LogP contribution in [0.25, 0.3) is 0 Å². The number of carboxylic acids is 3. The molecule has 14 heteroatoms. The highest BCUT2D eigenvalue weighted by atomic mass is 16.4. The van der Waals surface area contributed by atoms with Crippen molar-refractivity contribution < 1.29 is 44.1 Å². The fraction of sp³-hybridized carbons (Fsp3) is 0.700. The maximum absolute atomic E-state index is 12.8. The largest absolute Gasteiger partial charge is 0.481 e. The van der Waals surface area contributed by atoms with Crippen LogP contribution in [0, 0.1) is 0 Å². The van der Waals surface area contributed by atoms with E-state index in [1.165, 1.54) is 0 Å². The van der Waals surface area contributed by atoms with Gasteiger partial charge in [0, 0.05) is 6.42 Å². The van der Waals surface area contributed by atoms with E-state index in [1.54, 1.807) is 0 Å². The van der Waals surface area contributed by atoms with Gasteiger partial charge in [0.2, 0.25) is 17.7 Å². The standard InChI is InChI=1S/C20H33N5O9/c21-8-2-1-4-12(18(31)24-13(20(33)34)6-7-15(26)27)23-19(32)14(10-16(28)29)25-17(30)11-5-3-9-22-11/h11-14,22H,1-10,21H2,(H,23,32)(H,24,31)(H,25,30)(H,26,27)(H,28,29)(H,33,34). The van der Waals surface area contributed by atoms with Crippen LogP contribution in [0.15, 0.2) is 0 Å². The third-order valence-corrected chi connectivity index (χ3v) is 5.23. The van der Waals surface area contributed by atoms with Crippen LogP contribution in [-0.2, 0) is 28.8 Å². The van der Waals surface area contributed by atoms with Gasteiger partial charge in [-0.3, -0.25) is 24.0 Å². The zero-order valence-electron chi connectivity index (χ0n) is 18.7. The molecule has 9 N–H and O–H groups in total. The summed E-state index contributed by atoms with van der Waals surface area (Å²) in [6.45, 7) is 0.925. The number of rotatable bonds is 16. The Hall–Kier alpha value is -3.26. The predicted octanol–water partition coefficient (Wildman–Crippen LogP) is -2.25. The molecule has 4 unspecified atom stereocenters. The lowest BCUT2D eigenvalue weighted by atomic mass is 10.1. The van der Waals surface area contributed by atoms with E-state index in [1.807, 2.05) is 0 Å². The lowest BCUT2D eigenvalue weighted by Gasteiger charge is -2.24. The molecular formula is C20H33N5O9. The Morgan fingerprint density at radius 2 is 1.50 bits per heavy atom. The molecule has 0 spiro atoms. The quantitative estimate of drug-likeness (QED) is 0.108. The topological polar surface area (TPSA) is 237 Å². The van der Waals surface area contributed by atoms with Crippen LogP contribution in [0.2, 0.25) is 0 Å². The molecule has 0 aromatic heterocycles. The Kier molecular flexibility index (Phi) is 12.5. The van der Waals surface area contributed by atoms with Crippen LogP contribution in [0.1, 0.15) is 51.4 Å². The number of unbranched alkanes of at least 4 members (excludes halogenated alkanes) is 1. The zero-order valence-corrected chi connectivity index (χ0v) is 18.7. The molecule has 1 saturated heterocycles. The van der Waals surface area contributed by atoms with Crippen molar-refractivity contribution in [1.82, 2.24) is 21.3 Å². The van der Waals surface area contributed by atoms with Gasteiger partial charge in [0.05, 0.1) is 12.5 Å². The van der Waals surface area contributed by atoms with Crippen LogP contribution >= 0.6 is 0 Å². The Bertz CT molecular complexity index is 755.